The molecular formula is C16H20O6. The van der Waals surface area contributed by atoms with E-state index in [0.29, 0.717) is 17.1 Å². The van der Waals surface area contributed by atoms with Crippen LogP contribution in [0.3, 0.4) is 0 Å². The first-order chi connectivity index (χ1) is 10.5. The second-order valence-corrected chi connectivity index (χ2v) is 4.34. The van der Waals surface area contributed by atoms with Crippen molar-refractivity contribution in [1.29, 1.82) is 0 Å². The summed E-state index contributed by atoms with van der Waals surface area (Å²) in [6, 6.07) is 4.80. The van der Waals surface area contributed by atoms with E-state index in [4.69, 9.17) is 14.2 Å². The van der Waals surface area contributed by atoms with Gasteiger partial charge in [-0.15, -0.1) is 0 Å². The molecule has 1 unspecified atom stereocenters. The zero-order valence-electron chi connectivity index (χ0n) is 13.1. The molecule has 0 aliphatic heterocycles. The van der Waals surface area contributed by atoms with Crippen LogP contribution in [0.1, 0.15) is 25.3 Å². The third-order valence-corrected chi connectivity index (χ3v) is 3.13. The van der Waals surface area contributed by atoms with Crippen LogP contribution in [0.15, 0.2) is 29.8 Å². The molecule has 0 radical (unpaired) electrons. The molecule has 22 heavy (non-hydrogen) atoms. The molecule has 0 aliphatic carbocycles. The maximum Gasteiger partial charge on any atom is 0.334 e. The fraction of sp³-hybridized carbons (Fsp3) is 0.375. The van der Waals surface area contributed by atoms with Crippen LogP contribution in [0.5, 0.6) is 11.5 Å². The average Bonchev–Trinajstić information content (AvgIpc) is 2.51. The summed E-state index contributed by atoms with van der Waals surface area (Å²) in [6.45, 7) is 3.42. The zero-order chi connectivity index (χ0) is 16.7. The van der Waals surface area contributed by atoms with E-state index in [1.54, 1.807) is 32.0 Å². The highest BCUT2D eigenvalue weighted by atomic mass is 16.5. The van der Waals surface area contributed by atoms with Crippen molar-refractivity contribution >= 4 is 11.9 Å². The molecule has 0 aliphatic rings. The number of carboxylic acid groups (broad SMARTS) is 1. The van der Waals surface area contributed by atoms with Crippen LogP contribution < -0.4 is 9.47 Å². The van der Waals surface area contributed by atoms with Gasteiger partial charge in [-0.1, -0.05) is 6.08 Å². The van der Waals surface area contributed by atoms with Gasteiger partial charge in [-0.25, -0.2) is 4.79 Å². The minimum atomic E-state index is -1.20. The fourth-order valence-corrected chi connectivity index (χ4v) is 2.12. The van der Waals surface area contributed by atoms with Crippen LogP contribution in [0, 0.1) is 0 Å². The number of carboxylic acids is 1. The van der Waals surface area contributed by atoms with E-state index < -0.39 is 17.9 Å². The Balaban J connectivity index is 3.43. The first-order valence-corrected chi connectivity index (χ1v) is 6.78. The lowest BCUT2D eigenvalue weighted by Crippen LogP contribution is -2.22. The largest absolute Gasteiger partial charge is 0.497 e. The van der Waals surface area contributed by atoms with Crippen LogP contribution in [-0.2, 0) is 14.3 Å². The molecule has 0 spiro atoms. The third-order valence-electron chi connectivity index (χ3n) is 3.13. The monoisotopic (exact) mass is 308 g/mol. The smallest absolute Gasteiger partial charge is 0.334 e. The zero-order valence-corrected chi connectivity index (χ0v) is 13.1. The molecule has 0 aromatic heterocycles. The summed E-state index contributed by atoms with van der Waals surface area (Å²) in [5, 5.41) is 9.58. The Hall–Kier alpha value is -2.50. The first kappa shape index (κ1) is 17.6. The molecule has 6 nitrogen and oxygen atoms in total. The number of hydrogen-bond acceptors (Lipinski definition) is 5. The minimum absolute atomic E-state index is 0.0425. The van der Waals surface area contributed by atoms with Gasteiger partial charge in [0, 0.05) is 5.56 Å². The van der Waals surface area contributed by atoms with Crippen LogP contribution >= 0.6 is 0 Å². The van der Waals surface area contributed by atoms with E-state index in [9.17, 15) is 14.7 Å². The molecule has 0 saturated heterocycles. The van der Waals surface area contributed by atoms with E-state index in [2.05, 4.69) is 0 Å². The van der Waals surface area contributed by atoms with E-state index in [1.807, 2.05) is 0 Å². The molecule has 1 rings (SSSR count). The van der Waals surface area contributed by atoms with Gasteiger partial charge in [-0.3, -0.25) is 4.79 Å². The number of benzene rings is 1. The number of rotatable bonds is 7. The second kappa shape index (κ2) is 8.07. The van der Waals surface area contributed by atoms with Gasteiger partial charge >= 0.3 is 11.9 Å². The Morgan fingerprint density at radius 2 is 1.95 bits per heavy atom. The van der Waals surface area contributed by atoms with E-state index in [0.717, 1.165) is 0 Å². The standard InChI is InChI=1S/C16H20O6/c1-5-11(16(19)22-6-2)14(15(17)18)12-9-10(20-3)7-8-13(12)21-4/h5,7-9,14H,6H2,1-4H3,(H,17,18). The molecule has 120 valence electrons. The molecule has 1 N–H and O–H groups in total. The highest BCUT2D eigenvalue weighted by molar-refractivity contribution is 5.98. The lowest BCUT2D eigenvalue weighted by Gasteiger charge is -2.19. The Kier molecular flexibility index (Phi) is 6.44. The molecule has 6 heteroatoms. The van der Waals surface area contributed by atoms with Gasteiger partial charge in [0.05, 0.1) is 26.4 Å². The molecule has 0 bridgehead atoms. The van der Waals surface area contributed by atoms with Crippen molar-refractivity contribution in [3.05, 3.63) is 35.4 Å². The lowest BCUT2D eigenvalue weighted by atomic mass is 9.90. The minimum Gasteiger partial charge on any atom is -0.497 e. The highest BCUT2D eigenvalue weighted by Gasteiger charge is 2.32. The normalized spacial score (nSPS) is 12.5. The van der Waals surface area contributed by atoms with Gasteiger partial charge in [0.2, 0.25) is 0 Å². The van der Waals surface area contributed by atoms with Gasteiger partial charge in [-0.05, 0) is 32.0 Å². The molecule has 0 heterocycles. The van der Waals surface area contributed by atoms with Crippen LogP contribution in [0.25, 0.3) is 0 Å². The molecule has 1 atom stereocenters. The summed E-state index contributed by atoms with van der Waals surface area (Å²) in [7, 11) is 2.91. The maximum absolute atomic E-state index is 12.0. The number of carbonyl (C=O) groups excluding carboxylic acids is 1. The Morgan fingerprint density at radius 1 is 1.27 bits per heavy atom. The fourth-order valence-electron chi connectivity index (χ4n) is 2.12. The predicted molar refractivity (Wildman–Crippen MR) is 80.3 cm³/mol. The Labute approximate surface area is 129 Å². The summed E-state index contributed by atoms with van der Waals surface area (Å²) in [4.78, 5) is 23.8. The van der Waals surface area contributed by atoms with Crippen molar-refractivity contribution < 1.29 is 28.9 Å². The lowest BCUT2D eigenvalue weighted by molar-refractivity contribution is -0.143. The van der Waals surface area contributed by atoms with Gasteiger partial charge in [-0.2, -0.15) is 0 Å². The molecule has 1 aromatic rings. The van der Waals surface area contributed by atoms with Crippen molar-refractivity contribution in [3.8, 4) is 11.5 Å². The summed E-state index contributed by atoms with van der Waals surface area (Å²) < 4.78 is 15.3. The quantitative estimate of drug-likeness (QED) is 0.615. The third kappa shape index (κ3) is 3.78. The second-order valence-electron chi connectivity index (χ2n) is 4.34. The average molecular weight is 308 g/mol. The summed E-state index contributed by atoms with van der Waals surface area (Å²) >= 11 is 0. The van der Waals surface area contributed by atoms with Crippen LogP contribution in [0.2, 0.25) is 0 Å². The molecule has 0 saturated carbocycles. The highest BCUT2D eigenvalue weighted by Crippen LogP contribution is 2.35. The van der Waals surface area contributed by atoms with Gasteiger partial charge in [0.1, 0.15) is 17.4 Å². The number of esters is 1. The molecule has 0 fully saturated rings. The number of carbonyl (C=O) groups is 2. The predicted octanol–water partition coefficient (Wildman–Crippen LogP) is 2.38. The number of hydrogen-bond donors (Lipinski definition) is 1. The van der Waals surface area contributed by atoms with E-state index in [-0.39, 0.29) is 12.2 Å². The van der Waals surface area contributed by atoms with E-state index in [1.165, 1.54) is 20.3 Å². The SMILES string of the molecule is CC=C(C(=O)OCC)C(C(=O)O)c1cc(OC)ccc1OC. The summed E-state index contributed by atoms with van der Waals surface area (Å²) in [6.07, 6.45) is 1.44. The number of methoxy groups -OCH3 is 2. The molecular weight excluding hydrogens is 288 g/mol. The van der Waals surface area contributed by atoms with Crippen molar-refractivity contribution in [3.63, 3.8) is 0 Å². The number of aliphatic carboxylic acids is 1. The molecule has 1 aromatic carbocycles. The van der Waals surface area contributed by atoms with Gasteiger partial charge in [0.15, 0.2) is 0 Å². The van der Waals surface area contributed by atoms with E-state index >= 15 is 0 Å². The van der Waals surface area contributed by atoms with Crippen LogP contribution in [0.4, 0.5) is 0 Å². The van der Waals surface area contributed by atoms with Crippen molar-refractivity contribution in [2.75, 3.05) is 20.8 Å². The maximum atomic E-state index is 12.0. The van der Waals surface area contributed by atoms with Gasteiger partial charge in [0.25, 0.3) is 0 Å². The molecule has 0 amide bonds. The summed E-state index contributed by atoms with van der Waals surface area (Å²) in [5.41, 5.74) is 0.372. The number of ether oxygens (including phenoxy) is 3. The van der Waals surface area contributed by atoms with Crippen molar-refractivity contribution in [1.82, 2.24) is 0 Å². The van der Waals surface area contributed by atoms with Crippen molar-refractivity contribution in [2.24, 2.45) is 0 Å². The van der Waals surface area contributed by atoms with Crippen molar-refractivity contribution in [2.45, 2.75) is 19.8 Å². The summed E-state index contributed by atoms with van der Waals surface area (Å²) in [5.74, 6) is -2.21. The first-order valence-electron chi connectivity index (χ1n) is 6.78. The number of allylic oxidation sites excluding steroid dienone is 1. The van der Waals surface area contributed by atoms with Gasteiger partial charge < -0.3 is 19.3 Å². The van der Waals surface area contributed by atoms with Crippen LogP contribution in [-0.4, -0.2) is 37.9 Å². The Morgan fingerprint density at radius 3 is 2.41 bits per heavy atom. The Bertz CT molecular complexity index is 576. The topological polar surface area (TPSA) is 82.1 Å².